The van der Waals surface area contributed by atoms with Gasteiger partial charge in [0, 0.05) is 0 Å². The van der Waals surface area contributed by atoms with Crippen molar-refractivity contribution in [2.45, 2.75) is 6.36 Å². The average molecular weight is 272 g/mol. The molecule has 18 heavy (non-hydrogen) atoms. The SMILES string of the molecule is O=C(c1cccs1)c1ccccc1OC(F)(F)F. The minimum absolute atomic E-state index is 0.0997. The van der Waals surface area contributed by atoms with Gasteiger partial charge in [0.05, 0.1) is 10.4 Å². The maximum absolute atomic E-state index is 12.2. The molecule has 2 aromatic rings. The van der Waals surface area contributed by atoms with Crippen LogP contribution >= 0.6 is 11.3 Å². The van der Waals surface area contributed by atoms with Gasteiger partial charge in [-0.05, 0) is 23.6 Å². The summed E-state index contributed by atoms with van der Waals surface area (Å²) in [5, 5.41) is 1.68. The van der Waals surface area contributed by atoms with E-state index in [2.05, 4.69) is 4.74 Å². The van der Waals surface area contributed by atoms with Crippen LogP contribution in [0, 0.1) is 0 Å². The fourth-order valence-electron chi connectivity index (χ4n) is 1.41. The van der Waals surface area contributed by atoms with Crippen LogP contribution in [0.2, 0.25) is 0 Å². The molecule has 0 fully saturated rings. The first-order valence-electron chi connectivity index (χ1n) is 4.90. The van der Waals surface area contributed by atoms with E-state index in [0.717, 1.165) is 6.07 Å². The molecule has 94 valence electrons. The monoisotopic (exact) mass is 272 g/mol. The summed E-state index contributed by atoms with van der Waals surface area (Å²) < 4.78 is 40.4. The first kappa shape index (κ1) is 12.6. The molecule has 2 rings (SSSR count). The number of hydrogen-bond acceptors (Lipinski definition) is 3. The van der Waals surface area contributed by atoms with Gasteiger partial charge in [0.2, 0.25) is 5.78 Å². The van der Waals surface area contributed by atoms with Gasteiger partial charge in [-0.3, -0.25) is 4.79 Å². The predicted octanol–water partition coefficient (Wildman–Crippen LogP) is 3.88. The van der Waals surface area contributed by atoms with Crippen LogP contribution in [0.15, 0.2) is 41.8 Å². The fourth-order valence-corrected chi connectivity index (χ4v) is 2.09. The third-order valence-electron chi connectivity index (χ3n) is 2.10. The zero-order valence-electron chi connectivity index (χ0n) is 8.90. The van der Waals surface area contributed by atoms with Gasteiger partial charge in [-0.15, -0.1) is 24.5 Å². The molecule has 0 atom stereocenters. The second-order valence-corrected chi connectivity index (χ2v) is 4.30. The van der Waals surface area contributed by atoms with E-state index in [4.69, 9.17) is 0 Å². The Labute approximate surface area is 105 Å². The van der Waals surface area contributed by atoms with Crippen LogP contribution in [0.25, 0.3) is 0 Å². The number of rotatable bonds is 3. The number of carbonyl (C=O) groups excluding carboxylic acids is 1. The first-order valence-corrected chi connectivity index (χ1v) is 5.78. The maximum Gasteiger partial charge on any atom is 0.573 e. The molecule has 0 N–H and O–H groups in total. The molecule has 0 bridgehead atoms. The van der Waals surface area contributed by atoms with E-state index >= 15 is 0 Å². The topological polar surface area (TPSA) is 26.3 Å². The van der Waals surface area contributed by atoms with E-state index in [1.165, 1.54) is 29.5 Å². The third-order valence-corrected chi connectivity index (χ3v) is 2.97. The zero-order chi connectivity index (χ0) is 13.2. The van der Waals surface area contributed by atoms with Crippen molar-refractivity contribution in [3.63, 3.8) is 0 Å². The Morgan fingerprint density at radius 1 is 1.11 bits per heavy atom. The van der Waals surface area contributed by atoms with Crippen molar-refractivity contribution in [1.82, 2.24) is 0 Å². The standard InChI is InChI=1S/C12H7F3O2S/c13-12(14,15)17-9-5-2-1-4-8(9)11(16)10-6-3-7-18-10/h1-7H. The normalized spacial score (nSPS) is 11.3. The molecule has 0 aliphatic heterocycles. The molecular weight excluding hydrogens is 265 g/mol. The van der Waals surface area contributed by atoms with Gasteiger partial charge in [0.25, 0.3) is 0 Å². The number of ketones is 1. The lowest BCUT2D eigenvalue weighted by atomic mass is 10.1. The summed E-state index contributed by atoms with van der Waals surface area (Å²) in [6.45, 7) is 0. The molecule has 0 amide bonds. The van der Waals surface area contributed by atoms with Crippen molar-refractivity contribution in [1.29, 1.82) is 0 Å². The molecule has 0 aliphatic carbocycles. The Bertz CT molecular complexity index is 547. The molecule has 0 spiro atoms. The summed E-state index contributed by atoms with van der Waals surface area (Å²) in [4.78, 5) is 12.3. The Morgan fingerprint density at radius 3 is 2.44 bits per heavy atom. The van der Waals surface area contributed by atoms with Crippen molar-refractivity contribution < 1.29 is 22.7 Å². The molecule has 2 nitrogen and oxygen atoms in total. The number of carbonyl (C=O) groups is 1. The van der Waals surface area contributed by atoms with Gasteiger partial charge >= 0.3 is 6.36 Å². The lowest BCUT2D eigenvalue weighted by molar-refractivity contribution is -0.274. The van der Waals surface area contributed by atoms with Crippen LogP contribution < -0.4 is 4.74 Å². The summed E-state index contributed by atoms with van der Waals surface area (Å²) in [5.41, 5.74) is -0.0997. The first-order chi connectivity index (χ1) is 8.47. The number of ether oxygens (including phenoxy) is 1. The Balaban J connectivity index is 2.36. The van der Waals surface area contributed by atoms with Crippen LogP contribution in [0.4, 0.5) is 13.2 Å². The summed E-state index contributed by atoms with van der Waals surface area (Å²) in [7, 11) is 0. The molecule has 6 heteroatoms. The molecule has 0 aliphatic rings. The van der Waals surface area contributed by atoms with Crippen LogP contribution in [-0.4, -0.2) is 12.1 Å². The number of benzene rings is 1. The molecular formula is C12H7F3O2S. The molecule has 0 unspecified atom stereocenters. The van der Waals surface area contributed by atoms with Gasteiger partial charge in [-0.2, -0.15) is 0 Å². The highest BCUT2D eigenvalue weighted by atomic mass is 32.1. The van der Waals surface area contributed by atoms with Crippen molar-refractivity contribution in [2.24, 2.45) is 0 Å². The highest BCUT2D eigenvalue weighted by Gasteiger charge is 2.33. The fraction of sp³-hybridized carbons (Fsp3) is 0.0833. The van der Waals surface area contributed by atoms with Crippen molar-refractivity contribution in [3.05, 3.63) is 52.2 Å². The van der Waals surface area contributed by atoms with Crippen LogP contribution in [0.1, 0.15) is 15.2 Å². The van der Waals surface area contributed by atoms with E-state index in [9.17, 15) is 18.0 Å². The highest BCUT2D eigenvalue weighted by molar-refractivity contribution is 7.12. The van der Waals surface area contributed by atoms with E-state index < -0.39 is 17.9 Å². The van der Waals surface area contributed by atoms with Crippen molar-refractivity contribution in [3.8, 4) is 5.75 Å². The predicted molar refractivity (Wildman–Crippen MR) is 60.9 cm³/mol. The van der Waals surface area contributed by atoms with Crippen molar-refractivity contribution >= 4 is 17.1 Å². The van der Waals surface area contributed by atoms with Gasteiger partial charge < -0.3 is 4.74 Å². The molecule has 1 aromatic heterocycles. The minimum atomic E-state index is -4.81. The average Bonchev–Trinajstić information content (AvgIpc) is 2.80. The summed E-state index contributed by atoms with van der Waals surface area (Å²) >= 11 is 1.17. The van der Waals surface area contributed by atoms with Crippen molar-refractivity contribution in [2.75, 3.05) is 0 Å². The number of thiophene rings is 1. The smallest absolute Gasteiger partial charge is 0.405 e. The highest BCUT2D eigenvalue weighted by Crippen LogP contribution is 2.28. The van der Waals surface area contributed by atoms with Crippen LogP contribution in [-0.2, 0) is 0 Å². The summed E-state index contributed by atoms with van der Waals surface area (Å²) in [5.74, 6) is -0.965. The Hall–Kier alpha value is -1.82. The van der Waals surface area contributed by atoms with Gasteiger partial charge in [0.1, 0.15) is 5.75 Å². The molecule has 0 radical (unpaired) electrons. The molecule has 1 heterocycles. The van der Waals surface area contributed by atoms with E-state index in [1.54, 1.807) is 17.5 Å². The van der Waals surface area contributed by atoms with E-state index in [-0.39, 0.29) is 5.56 Å². The Kier molecular flexibility index (Phi) is 3.38. The second kappa shape index (κ2) is 4.81. The lowest BCUT2D eigenvalue weighted by Gasteiger charge is -2.11. The number of halogens is 3. The molecule has 0 saturated carbocycles. The zero-order valence-corrected chi connectivity index (χ0v) is 9.72. The summed E-state index contributed by atoms with van der Waals surface area (Å²) in [6, 6.07) is 8.51. The number of alkyl halides is 3. The van der Waals surface area contributed by atoms with Gasteiger partial charge in [-0.1, -0.05) is 18.2 Å². The number of hydrogen-bond donors (Lipinski definition) is 0. The number of para-hydroxylation sites is 1. The lowest BCUT2D eigenvalue weighted by Crippen LogP contribution is -2.19. The van der Waals surface area contributed by atoms with Gasteiger partial charge in [-0.25, -0.2) is 0 Å². The maximum atomic E-state index is 12.2. The largest absolute Gasteiger partial charge is 0.573 e. The minimum Gasteiger partial charge on any atom is -0.405 e. The van der Waals surface area contributed by atoms with Gasteiger partial charge in [0.15, 0.2) is 0 Å². The molecule has 0 saturated heterocycles. The van der Waals surface area contributed by atoms with Crippen LogP contribution in [0.3, 0.4) is 0 Å². The quantitative estimate of drug-likeness (QED) is 0.793. The third kappa shape index (κ3) is 2.89. The van der Waals surface area contributed by atoms with Crippen LogP contribution in [0.5, 0.6) is 5.75 Å². The summed E-state index contributed by atoms with van der Waals surface area (Å²) in [6.07, 6.45) is -4.81. The Morgan fingerprint density at radius 2 is 1.83 bits per heavy atom. The van der Waals surface area contributed by atoms with E-state index in [1.807, 2.05) is 0 Å². The second-order valence-electron chi connectivity index (χ2n) is 3.35. The van der Waals surface area contributed by atoms with E-state index in [0.29, 0.717) is 4.88 Å². The molecule has 1 aromatic carbocycles.